The minimum atomic E-state index is -0.324. The van der Waals surface area contributed by atoms with Crippen molar-refractivity contribution in [3.63, 3.8) is 0 Å². The second-order valence-electron chi connectivity index (χ2n) is 4.74. The summed E-state index contributed by atoms with van der Waals surface area (Å²) in [5.74, 6) is -0.116. The van der Waals surface area contributed by atoms with E-state index in [4.69, 9.17) is 11.6 Å². The summed E-state index contributed by atoms with van der Waals surface area (Å²) >= 11 is 7.34. The molecule has 2 amide bonds. The molecule has 2 atom stereocenters. The van der Waals surface area contributed by atoms with Crippen LogP contribution in [0.25, 0.3) is 0 Å². The Morgan fingerprint density at radius 3 is 2.84 bits per heavy atom. The van der Waals surface area contributed by atoms with E-state index in [2.05, 4.69) is 5.32 Å². The van der Waals surface area contributed by atoms with Gasteiger partial charge < -0.3 is 10.2 Å². The lowest BCUT2D eigenvalue weighted by molar-refractivity contribution is -0.137. The van der Waals surface area contributed by atoms with E-state index in [1.165, 1.54) is 18.3 Å². The second kappa shape index (κ2) is 5.92. The van der Waals surface area contributed by atoms with Crippen molar-refractivity contribution in [1.82, 2.24) is 10.2 Å². The Labute approximate surface area is 121 Å². The maximum Gasteiger partial charge on any atom is 0.243 e. The van der Waals surface area contributed by atoms with E-state index in [1.54, 1.807) is 4.90 Å². The summed E-state index contributed by atoms with van der Waals surface area (Å²) in [6, 6.07) is 3.33. The van der Waals surface area contributed by atoms with Gasteiger partial charge in [-0.2, -0.15) is 0 Å². The van der Waals surface area contributed by atoms with Gasteiger partial charge in [-0.05, 0) is 31.9 Å². The van der Waals surface area contributed by atoms with Crippen LogP contribution in [0.3, 0.4) is 0 Å². The largest absolute Gasteiger partial charge is 0.347 e. The first-order valence-electron chi connectivity index (χ1n) is 6.32. The third kappa shape index (κ3) is 3.28. The minimum Gasteiger partial charge on any atom is -0.347 e. The summed E-state index contributed by atoms with van der Waals surface area (Å²) in [6.45, 7) is 4.10. The van der Waals surface area contributed by atoms with Gasteiger partial charge in [0.1, 0.15) is 6.04 Å². The van der Waals surface area contributed by atoms with Crippen molar-refractivity contribution in [2.75, 3.05) is 6.54 Å². The summed E-state index contributed by atoms with van der Waals surface area (Å²) in [4.78, 5) is 26.3. The molecule has 0 unspecified atom stereocenters. The zero-order valence-corrected chi connectivity index (χ0v) is 12.6. The highest BCUT2D eigenvalue weighted by molar-refractivity contribution is 7.16. The molecule has 19 heavy (non-hydrogen) atoms. The fraction of sp³-hybridized carbons (Fsp3) is 0.538. The van der Waals surface area contributed by atoms with Crippen molar-refractivity contribution in [2.45, 2.75) is 38.8 Å². The average Bonchev–Trinajstić information content (AvgIpc) is 2.96. The van der Waals surface area contributed by atoms with Gasteiger partial charge in [-0.15, -0.1) is 11.3 Å². The van der Waals surface area contributed by atoms with Crippen LogP contribution in [0.15, 0.2) is 12.1 Å². The SMILES string of the molecule is CC(=O)N1CCC[C@H]1C(=O)N[C@@H](C)c1ccc(Cl)s1. The number of nitrogens with zero attached hydrogens (tertiary/aromatic N) is 1. The lowest BCUT2D eigenvalue weighted by Crippen LogP contribution is -2.45. The van der Waals surface area contributed by atoms with Crippen LogP contribution in [0.4, 0.5) is 0 Å². The van der Waals surface area contributed by atoms with E-state index in [0.717, 1.165) is 17.7 Å². The van der Waals surface area contributed by atoms with Crippen LogP contribution in [-0.2, 0) is 9.59 Å². The third-order valence-electron chi connectivity index (χ3n) is 3.34. The smallest absolute Gasteiger partial charge is 0.243 e. The summed E-state index contributed by atoms with van der Waals surface area (Å²) in [7, 11) is 0. The molecule has 0 aromatic carbocycles. The standard InChI is InChI=1S/C13H17ClN2O2S/c1-8(11-5-6-12(14)19-11)15-13(18)10-4-3-7-16(10)9(2)17/h5-6,8,10H,3-4,7H2,1-2H3,(H,15,18)/t8-,10-/m0/s1. The quantitative estimate of drug-likeness (QED) is 0.933. The molecule has 1 saturated heterocycles. The van der Waals surface area contributed by atoms with Gasteiger partial charge in [-0.1, -0.05) is 11.6 Å². The molecule has 1 aromatic heterocycles. The van der Waals surface area contributed by atoms with Crippen molar-refractivity contribution in [1.29, 1.82) is 0 Å². The molecule has 2 rings (SSSR count). The highest BCUT2D eigenvalue weighted by Gasteiger charge is 2.32. The van der Waals surface area contributed by atoms with Crippen LogP contribution in [0.2, 0.25) is 4.34 Å². The first-order chi connectivity index (χ1) is 8.99. The van der Waals surface area contributed by atoms with Gasteiger partial charge in [0.15, 0.2) is 0 Å². The van der Waals surface area contributed by atoms with Crippen LogP contribution < -0.4 is 5.32 Å². The average molecular weight is 301 g/mol. The van der Waals surface area contributed by atoms with Gasteiger partial charge in [0.05, 0.1) is 10.4 Å². The van der Waals surface area contributed by atoms with E-state index in [-0.39, 0.29) is 23.9 Å². The predicted octanol–water partition coefficient (Wildman–Crippen LogP) is 2.59. The molecule has 1 aliphatic heterocycles. The Bertz CT molecular complexity index is 489. The Kier molecular flexibility index (Phi) is 4.47. The number of thiophene rings is 1. The lowest BCUT2D eigenvalue weighted by Gasteiger charge is -2.24. The van der Waals surface area contributed by atoms with Crippen molar-refractivity contribution in [3.05, 3.63) is 21.3 Å². The summed E-state index contributed by atoms with van der Waals surface area (Å²) < 4.78 is 0.710. The summed E-state index contributed by atoms with van der Waals surface area (Å²) in [5.41, 5.74) is 0. The molecular formula is C13H17ClN2O2S. The molecule has 6 heteroatoms. The zero-order valence-electron chi connectivity index (χ0n) is 11.0. The molecule has 2 heterocycles. The normalized spacial score (nSPS) is 20.4. The second-order valence-corrected chi connectivity index (χ2v) is 6.49. The van der Waals surface area contributed by atoms with E-state index in [1.807, 2.05) is 19.1 Å². The van der Waals surface area contributed by atoms with Crippen LogP contribution >= 0.6 is 22.9 Å². The number of halogens is 1. The molecule has 0 radical (unpaired) electrons. The summed E-state index contributed by atoms with van der Waals surface area (Å²) in [5, 5.41) is 2.96. The van der Waals surface area contributed by atoms with Gasteiger partial charge in [0.25, 0.3) is 0 Å². The number of rotatable bonds is 3. The van der Waals surface area contributed by atoms with Crippen LogP contribution in [0.5, 0.6) is 0 Å². The highest BCUT2D eigenvalue weighted by Crippen LogP contribution is 2.27. The molecular weight excluding hydrogens is 284 g/mol. The van der Waals surface area contributed by atoms with Gasteiger partial charge in [-0.25, -0.2) is 0 Å². The number of carbonyl (C=O) groups excluding carboxylic acids is 2. The maximum absolute atomic E-state index is 12.2. The first-order valence-corrected chi connectivity index (χ1v) is 7.51. The van der Waals surface area contributed by atoms with Gasteiger partial charge in [-0.3, -0.25) is 9.59 Å². The Hall–Kier alpha value is -1.07. The molecule has 0 spiro atoms. The molecule has 0 aliphatic carbocycles. The van der Waals surface area contributed by atoms with Gasteiger partial charge in [0, 0.05) is 18.3 Å². The fourth-order valence-electron chi connectivity index (χ4n) is 2.36. The van der Waals surface area contributed by atoms with E-state index < -0.39 is 0 Å². The van der Waals surface area contributed by atoms with E-state index in [0.29, 0.717) is 10.9 Å². The van der Waals surface area contributed by atoms with Crippen molar-refractivity contribution in [2.24, 2.45) is 0 Å². The van der Waals surface area contributed by atoms with E-state index >= 15 is 0 Å². The molecule has 1 fully saturated rings. The Balaban J connectivity index is 1.99. The van der Waals surface area contributed by atoms with Crippen molar-refractivity contribution < 1.29 is 9.59 Å². The molecule has 104 valence electrons. The molecule has 0 saturated carbocycles. The highest BCUT2D eigenvalue weighted by atomic mass is 35.5. The third-order valence-corrected chi connectivity index (χ3v) is 4.75. The topological polar surface area (TPSA) is 49.4 Å². The number of hydrogen-bond acceptors (Lipinski definition) is 3. The predicted molar refractivity (Wildman–Crippen MR) is 76.3 cm³/mol. The van der Waals surface area contributed by atoms with Crippen LogP contribution in [0.1, 0.15) is 37.6 Å². The number of carbonyl (C=O) groups is 2. The van der Waals surface area contributed by atoms with Crippen molar-refractivity contribution >= 4 is 34.8 Å². The number of likely N-dealkylation sites (tertiary alicyclic amines) is 1. The minimum absolute atomic E-state index is 0.0375. The molecule has 4 nitrogen and oxygen atoms in total. The van der Waals surface area contributed by atoms with Crippen LogP contribution in [0, 0.1) is 0 Å². The molecule has 1 aromatic rings. The Morgan fingerprint density at radius 1 is 1.53 bits per heavy atom. The lowest BCUT2D eigenvalue weighted by atomic mass is 10.2. The molecule has 1 N–H and O–H groups in total. The number of amides is 2. The van der Waals surface area contributed by atoms with Crippen molar-refractivity contribution in [3.8, 4) is 0 Å². The van der Waals surface area contributed by atoms with E-state index in [9.17, 15) is 9.59 Å². The Morgan fingerprint density at radius 2 is 2.26 bits per heavy atom. The number of hydrogen-bond donors (Lipinski definition) is 1. The van der Waals surface area contributed by atoms with Gasteiger partial charge >= 0.3 is 0 Å². The van der Waals surface area contributed by atoms with Gasteiger partial charge in [0.2, 0.25) is 11.8 Å². The molecule has 1 aliphatic rings. The monoisotopic (exact) mass is 300 g/mol. The van der Waals surface area contributed by atoms with Crippen LogP contribution in [-0.4, -0.2) is 29.3 Å². The zero-order chi connectivity index (χ0) is 14.0. The fourth-order valence-corrected chi connectivity index (χ4v) is 3.42. The number of nitrogens with one attached hydrogen (secondary N) is 1. The molecule has 0 bridgehead atoms. The summed E-state index contributed by atoms with van der Waals surface area (Å²) in [6.07, 6.45) is 1.63. The maximum atomic E-state index is 12.2. The first kappa shape index (κ1) is 14.3.